The molecule has 5 heteroatoms. The second-order valence-corrected chi connectivity index (χ2v) is 6.22. The van der Waals surface area contributed by atoms with Gasteiger partial charge in [0.15, 0.2) is 5.72 Å². The highest BCUT2D eigenvalue weighted by molar-refractivity contribution is 5.97. The minimum Gasteiger partial charge on any atom is -0.351 e. The monoisotopic (exact) mass is 300 g/mol. The lowest BCUT2D eigenvalue weighted by Gasteiger charge is -2.31. The summed E-state index contributed by atoms with van der Waals surface area (Å²) in [6, 6.07) is 7.60. The highest BCUT2D eigenvalue weighted by Gasteiger charge is 2.62. The van der Waals surface area contributed by atoms with E-state index < -0.39 is 5.72 Å². The van der Waals surface area contributed by atoms with Crippen LogP contribution in [0.5, 0.6) is 0 Å². The highest BCUT2D eigenvalue weighted by atomic mass is 16.5. The first-order chi connectivity index (χ1) is 10.7. The smallest absolute Gasteiger partial charge is 0.254 e. The molecule has 3 aliphatic rings. The van der Waals surface area contributed by atoms with Gasteiger partial charge in [-0.3, -0.25) is 9.59 Å². The van der Waals surface area contributed by atoms with Crippen molar-refractivity contribution in [2.24, 2.45) is 0 Å². The summed E-state index contributed by atoms with van der Waals surface area (Å²) in [7, 11) is 0. The summed E-state index contributed by atoms with van der Waals surface area (Å²) in [6.07, 6.45) is 1.94. The molecule has 0 aliphatic carbocycles. The fourth-order valence-electron chi connectivity index (χ4n) is 4.23. The SMILES string of the molecule is CCc1ccccc1C(=O)N1CC[C@@]23OCCN2C(=O)C[C@@H]13. The Hall–Kier alpha value is -1.88. The van der Waals surface area contributed by atoms with Crippen LogP contribution in [0.3, 0.4) is 0 Å². The van der Waals surface area contributed by atoms with E-state index in [0.717, 1.165) is 24.0 Å². The Labute approximate surface area is 129 Å². The summed E-state index contributed by atoms with van der Waals surface area (Å²) < 4.78 is 5.94. The zero-order valence-corrected chi connectivity index (χ0v) is 12.7. The highest BCUT2D eigenvalue weighted by Crippen LogP contribution is 2.46. The molecule has 116 valence electrons. The molecule has 2 amide bonds. The second kappa shape index (κ2) is 4.81. The lowest BCUT2D eigenvalue weighted by molar-refractivity contribution is -0.136. The van der Waals surface area contributed by atoms with E-state index in [2.05, 4.69) is 6.92 Å². The third-order valence-corrected chi connectivity index (χ3v) is 5.29. The average Bonchev–Trinajstić information content (AvgIpc) is 3.18. The summed E-state index contributed by atoms with van der Waals surface area (Å²) in [5, 5.41) is 0. The third-order valence-electron chi connectivity index (χ3n) is 5.29. The standard InChI is InChI=1S/C17H20N2O3/c1-2-12-5-3-4-6-13(12)16(21)18-8-7-17-14(18)11-15(20)19(17)9-10-22-17/h3-6,14H,2,7-11H2,1H3/t14-,17+/m1/s1. The predicted molar refractivity (Wildman–Crippen MR) is 80.3 cm³/mol. The molecule has 0 bridgehead atoms. The van der Waals surface area contributed by atoms with Gasteiger partial charge >= 0.3 is 0 Å². The van der Waals surface area contributed by atoms with Gasteiger partial charge in [-0.1, -0.05) is 25.1 Å². The van der Waals surface area contributed by atoms with Crippen LogP contribution in [0.2, 0.25) is 0 Å². The largest absolute Gasteiger partial charge is 0.351 e. The average molecular weight is 300 g/mol. The van der Waals surface area contributed by atoms with E-state index in [4.69, 9.17) is 4.74 Å². The number of ether oxygens (including phenoxy) is 1. The van der Waals surface area contributed by atoms with Crippen LogP contribution in [0.4, 0.5) is 0 Å². The van der Waals surface area contributed by atoms with E-state index in [9.17, 15) is 9.59 Å². The molecular weight excluding hydrogens is 280 g/mol. The van der Waals surface area contributed by atoms with Crippen molar-refractivity contribution in [1.82, 2.24) is 9.80 Å². The van der Waals surface area contributed by atoms with Gasteiger partial charge in [-0.2, -0.15) is 0 Å². The van der Waals surface area contributed by atoms with E-state index in [0.29, 0.717) is 26.1 Å². The predicted octanol–water partition coefficient (Wildman–Crippen LogP) is 1.42. The molecule has 3 saturated heterocycles. The van der Waals surface area contributed by atoms with Gasteiger partial charge in [0.05, 0.1) is 19.1 Å². The zero-order chi connectivity index (χ0) is 15.3. The van der Waals surface area contributed by atoms with Gasteiger partial charge in [-0.25, -0.2) is 0 Å². The quantitative estimate of drug-likeness (QED) is 0.830. The van der Waals surface area contributed by atoms with Gasteiger partial charge in [0.25, 0.3) is 5.91 Å². The van der Waals surface area contributed by atoms with Crippen LogP contribution in [0.15, 0.2) is 24.3 Å². The van der Waals surface area contributed by atoms with E-state index in [-0.39, 0.29) is 17.9 Å². The molecule has 1 aromatic carbocycles. The summed E-state index contributed by atoms with van der Waals surface area (Å²) in [5.41, 5.74) is 1.27. The van der Waals surface area contributed by atoms with E-state index >= 15 is 0 Å². The maximum absolute atomic E-state index is 13.0. The molecule has 1 spiro atoms. The summed E-state index contributed by atoms with van der Waals surface area (Å²) in [4.78, 5) is 28.9. The molecule has 0 saturated carbocycles. The molecule has 4 rings (SSSR count). The summed E-state index contributed by atoms with van der Waals surface area (Å²) in [5.74, 6) is 0.147. The lowest BCUT2D eigenvalue weighted by atomic mass is 10.0. The van der Waals surface area contributed by atoms with Crippen LogP contribution < -0.4 is 0 Å². The number of carbonyl (C=O) groups is 2. The van der Waals surface area contributed by atoms with Gasteiger partial charge in [0.2, 0.25) is 5.91 Å². The number of likely N-dealkylation sites (tertiary alicyclic amines) is 1. The molecule has 0 unspecified atom stereocenters. The molecule has 0 radical (unpaired) electrons. The van der Waals surface area contributed by atoms with Crippen LogP contribution in [0, 0.1) is 0 Å². The molecule has 3 heterocycles. The molecule has 3 fully saturated rings. The molecule has 22 heavy (non-hydrogen) atoms. The number of rotatable bonds is 2. The fourth-order valence-corrected chi connectivity index (χ4v) is 4.23. The van der Waals surface area contributed by atoms with Crippen LogP contribution in [0.1, 0.15) is 35.7 Å². The van der Waals surface area contributed by atoms with Gasteiger partial charge < -0.3 is 14.5 Å². The molecule has 5 nitrogen and oxygen atoms in total. The maximum Gasteiger partial charge on any atom is 0.254 e. The number of benzene rings is 1. The van der Waals surface area contributed by atoms with Crippen LogP contribution in [0.25, 0.3) is 0 Å². The van der Waals surface area contributed by atoms with Crippen LogP contribution >= 0.6 is 0 Å². The van der Waals surface area contributed by atoms with Gasteiger partial charge in [-0.05, 0) is 18.1 Å². The number of aryl methyl sites for hydroxylation is 1. The Morgan fingerprint density at radius 3 is 3.00 bits per heavy atom. The Kier molecular flexibility index (Phi) is 3.01. The van der Waals surface area contributed by atoms with Crippen molar-refractivity contribution >= 4 is 11.8 Å². The first-order valence-electron chi connectivity index (χ1n) is 8.00. The normalized spacial score (nSPS) is 29.9. The first kappa shape index (κ1) is 13.8. The van der Waals surface area contributed by atoms with E-state index in [1.165, 1.54) is 0 Å². The van der Waals surface area contributed by atoms with Gasteiger partial charge in [-0.15, -0.1) is 0 Å². The van der Waals surface area contributed by atoms with Crippen molar-refractivity contribution < 1.29 is 14.3 Å². The molecule has 2 atom stereocenters. The van der Waals surface area contributed by atoms with Crippen molar-refractivity contribution in [2.45, 2.75) is 38.0 Å². The summed E-state index contributed by atoms with van der Waals surface area (Å²) in [6.45, 7) is 3.95. The Morgan fingerprint density at radius 1 is 1.36 bits per heavy atom. The van der Waals surface area contributed by atoms with Crippen molar-refractivity contribution in [2.75, 3.05) is 19.7 Å². The fraction of sp³-hybridized carbons (Fsp3) is 0.529. The summed E-state index contributed by atoms with van der Waals surface area (Å²) >= 11 is 0. The molecule has 3 aliphatic heterocycles. The number of carbonyl (C=O) groups excluding carboxylic acids is 2. The lowest BCUT2D eigenvalue weighted by Crippen LogP contribution is -2.48. The van der Waals surface area contributed by atoms with Gasteiger partial charge in [0.1, 0.15) is 0 Å². The number of hydrogen-bond acceptors (Lipinski definition) is 3. The zero-order valence-electron chi connectivity index (χ0n) is 12.7. The van der Waals surface area contributed by atoms with Crippen molar-refractivity contribution in [3.63, 3.8) is 0 Å². The Bertz CT molecular complexity index is 645. The second-order valence-electron chi connectivity index (χ2n) is 6.22. The first-order valence-corrected chi connectivity index (χ1v) is 8.00. The number of nitrogens with zero attached hydrogens (tertiary/aromatic N) is 2. The maximum atomic E-state index is 13.0. The van der Waals surface area contributed by atoms with Gasteiger partial charge in [0, 0.05) is 25.1 Å². The number of hydrogen-bond donors (Lipinski definition) is 0. The van der Waals surface area contributed by atoms with Crippen LogP contribution in [-0.2, 0) is 16.0 Å². The number of amides is 2. The van der Waals surface area contributed by atoms with Crippen molar-refractivity contribution in [1.29, 1.82) is 0 Å². The minimum atomic E-state index is -0.548. The molecule has 1 aromatic rings. The van der Waals surface area contributed by atoms with Crippen LogP contribution in [-0.4, -0.2) is 53.1 Å². The van der Waals surface area contributed by atoms with E-state index in [1.54, 1.807) is 0 Å². The topological polar surface area (TPSA) is 49.9 Å². The molecule has 0 N–H and O–H groups in total. The Morgan fingerprint density at radius 2 is 2.18 bits per heavy atom. The molecule has 0 aromatic heterocycles. The van der Waals surface area contributed by atoms with E-state index in [1.807, 2.05) is 34.1 Å². The Balaban J connectivity index is 1.67. The minimum absolute atomic E-state index is 0.0319. The molecular formula is C17H20N2O3. The third kappa shape index (κ3) is 1.69. The van der Waals surface area contributed by atoms with Crippen molar-refractivity contribution in [3.8, 4) is 0 Å². The van der Waals surface area contributed by atoms with Crippen molar-refractivity contribution in [3.05, 3.63) is 35.4 Å².